The molecule has 2 aromatic rings. The van der Waals surface area contributed by atoms with E-state index in [-0.39, 0.29) is 6.61 Å². The van der Waals surface area contributed by atoms with Gasteiger partial charge in [0.25, 0.3) is 0 Å². The standard InChI is InChI=1S/C14H15N3O/c18-7-9-4-11-10-2-1-3-12-14(10)17(8-16-12)6-13(11)15-5-9/h1-4,8,11,13,15,18H,5-7H2/p+1/t11-,13-/m1/s1. The SMILES string of the molecule is OCC1=C[C@@H]2c3cccc4[nH]c[n+](c34)C[C@H]2NC1. The van der Waals surface area contributed by atoms with Crippen LogP contribution in [-0.2, 0) is 6.54 Å². The molecule has 0 amide bonds. The van der Waals surface area contributed by atoms with Gasteiger partial charge in [0.15, 0.2) is 11.0 Å². The van der Waals surface area contributed by atoms with Crippen molar-refractivity contribution in [3.8, 4) is 0 Å². The van der Waals surface area contributed by atoms with Crippen LogP contribution in [0.2, 0.25) is 0 Å². The van der Waals surface area contributed by atoms with Crippen LogP contribution >= 0.6 is 0 Å². The number of hydrogen-bond acceptors (Lipinski definition) is 2. The fourth-order valence-electron chi connectivity index (χ4n) is 3.25. The summed E-state index contributed by atoms with van der Waals surface area (Å²) >= 11 is 0. The number of nitrogens with one attached hydrogen (secondary N) is 2. The zero-order valence-electron chi connectivity index (χ0n) is 10.1. The van der Waals surface area contributed by atoms with E-state index in [0.29, 0.717) is 12.0 Å². The Hall–Kier alpha value is -1.65. The molecule has 3 heterocycles. The molecule has 92 valence electrons. The highest BCUT2D eigenvalue weighted by atomic mass is 16.3. The molecule has 1 aromatic heterocycles. The predicted octanol–water partition coefficient (Wildman–Crippen LogP) is 0.443. The number of benzene rings is 1. The summed E-state index contributed by atoms with van der Waals surface area (Å²) in [5.74, 6) is 0.375. The fraction of sp³-hybridized carbons (Fsp3) is 0.357. The second-order valence-electron chi connectivity index (χ2n) is 5.17. The van der Waals surface area contributed by atoms with E-state index in [1.807, 2.05) is 0 Å². The van der Waals surface area contributed by atoms with Crippen LogP contribution in [0.15, 0.2) is 36.2 Å². The number of imidazole rings is 1. The Kier molecular flexibility index (Phi) is 2.10. The lowest BCUT2D eigenvalue weighted by Crippen LogP contribution is -2.53. The molecule has 0 saturated heterocycles. The minimum atomic E-state index is 0.152. The molecular formula is C14H16N3O+. The van der Waals surface area contributed by atoms with E-state index in [1.54, 1.807) is 0 Å². The fourth-order valence-corrected chi connectivity index (χ4v) is 3.25. The van der Waals surface area contributed by atoms with E-state index >= 15 is 0 Å². The van der Waals surface area contributed by atoms with E-state index in [0.717, 1.165) is 18.7 Å². The second kappa shape index (κ2) is 3.67. The Morgan fingerprint density at radius 3 is 3.22 bits per heavy atom. The molecule has 0 unspecified atom stereocenters. The van der Waals surface area contributed by atoms with Gasteiger partial charge in [-0.1, -0.05) is 18.2 Å². The third-order valence-electron chi connectivity index (χ3n) is 4.13. The van der Waals surface area contributed by atoms with Gasteiger partial charge in [-0.25, -0.2) is 9.55 Å². The van der Waals surface area contributed by atoms with Crippen molar-refractivity contribution < 1.29 is 9.67 Å². The van der Waals surface area contributed by atoms with Gasteiger partial charge in [-0.15, -0.1) is 0 Å². The molecule has 2 aliphatic heterocycles. The van der Waals surface area contributed by atoms with Gasteiger partial charge in [0, 0.05) is 18.0 Å². The zero-order valence-corrected chi connectivity index (χ0v) is 10.1. The summed E-state index contributed by atoms with van der Waals surface area (Å²) in [5.41, 5.74) is 4.94. The third-order valence-corrected chi connectivity index (χ3v) is 4.13. The third kappa shape index (κ3) is 1.30. The molecule has 0 saturated carbocycles. The molecule has 2 atom stereocenters. The molecule has 0 bridgehead atoms. The molecule has 0 radical (unpaired) electrons. The number of para-hydroxylation sites is 1. The Bertz CT molecular complexity index is 644. The molecule has 4 heteroatoms. The van der Waals surface area contributed by atoms with Crippen LogP contribution in [0.25, 0.3) is 11.0 Å². The van der Waals surface area contributed by atoms with E-state index in [9.17, 15) is 5.11 Å². The highest BCUT2D eigenvalue weighted by Gasteiger charge is 2.35. The lowest BCUT2D eigenvalue weighted by Gasteiger charge is -2.33. The zero-order chi connectivity index (χ0) is 12.1. The van der Waals surface area contributed by atoms with Crippen LogP contribution in [0.4, 0.5) is 0 Å². The van der Waals surface area contributed by atoms with Crippen LogP contribution in [0.3, 0.4) is 0 Å². The maximum Gasteiger partial charge on any atom is 0.242 e. The lowest BCUT2D eigenvalue weighted by atomic mass is 9.84. The summed E-state index contributed by atoms with van der Waals surface area (Å²) in [6.07, 6.45) is 4.30. The topological polar surface area (TPSA) is 51.9 Å². The van der Waals surface area contributed by atoms with Gasteiger partial charge in [0.05, 0.1) is 12.6 Å². The molecule has 3 N–H and O–H groups in total. The predicted molar refractivity (Wildman–Crippen MR) is 68.2 cm³/mol. The summed E-state index contributed by atoms with van der Waals surface area (Å²) in [6.45, 7) is 1.93. The van der Waals surface area contributed by atoms with Crippen LogP contribution < -0.4 is 9.88 Å². The highest BCUT2D eigenvalue weighted by molar-refractivity contribution is 5.76. The number of aliphatic hydroxyl groups excluding tert-OH is 1. The van der Waals surface area contributed by atoms with Crippen LogP contribution in [0, 0.1) is 0 Å². The van der Waals surface area contributed by atoms with Crippen molar-refractivity contribution in [2.75, 3.05) is 13.2 Å². The smallest absolute Gasteiger partial charge is 0.242 e. The van der Waals surface area contributed by atoms with E-state index in [1.165, 1.54) is 16.6 Å². The minimum Gasteiger partial charge on any atom is -0.392 e. The van der Waals surface area contributed by atoms with Crippen molar-refractivity contribution in [2.45, 2.75) is 18.5 Å². The first-order valence-electron chi connectivity index (χ1n) is 6.40. The number of rotatable bonds is 1. The quantitative estimate of drug-likeness (QED) is 0.502. The maximum atomic E-state index is 9.31. The van der Waals surface area contributed by atoms with Gasteiger partial charge >= 0.3 is 0 Å². The van der Waals surface area contributed by atoms with Gasteiger partial charge < -0.3 is 10.4 Å². The monoisotopic (exact) mass is 242 g/mol. The summed E-state index contributed by atoms with van der Waals surface area (Å²) in [6, 6.07) is 6.84. The molecule has 0 spiro atoms. The molecule has 0 fully saturated rings. The summed E-state index contributed by atoms with van der Waals surface area (Å²) in [5, 5.41) is 12.8. The molecule has 4 nitrogen and oxygen atoms in total. The first kappa shape index (κ1) is 10.3. The van der Waals surface area contributed by atoms with E-state index < -0.39 is 0 Å². The largest absolute Gasteiger partial charge is 0.392 e. The average Bonchev–Trinajstić information content (AvgIpc) is 2.83. The normalized spacial score (nSPS) is 25.9. The molecule has 0 aliphatic carbocycles. The molecule has 18 heavy (non-hydrogen) atoms. The van der Waals surface area contributed by atoms with Gasteiger partial charge in [-0.05, 0) is 11.6 Å². The highest BCUT2D eigenvalue weighted by Crippen LogP contribution is 2.32. The Morgan fingerprint density at radius 1 is 1.39 bits per heavy atom. The number of aromatic amines is 1. The molecular weight excluding hydrogens is 226 g/mol. The second-order valence-corrected chi connectivity index (χ2v) is 5.17. The van der Waals surface area contributed by atoms with Crippen molar-refractivity contribution in [1.82, 2.24) is 10.3 Å². The van der Waals surface area contributed by atoms with Crippen LogP contribution in [0.5, 0.6) is 0 Å². The van der Waals surface area contributed by atoms with Crippen LogP contribution in [0.1, 0.15) is 11.5 Å². The first-order chi connectivity index (χ1) is 8.86. The number of aromatic nitrogens is 2. The van der Waals surface area contributed by atoms with Gasteiger partial charge in [0.1, 0.15) is 6.54 Å². The van der Waals surface area contributed by atoms with Crippen molar-refractivity contribution in [1.29, 1.82) is 0 Å². The molecule has 1 aromatic carbocycles. The summed E-state index contributed by atoms with van der Waals surface area (Å²) in [4.78, 5) is 3.32. The Morgan fingerprint density at radius 2 is 2.33 bits per heavy atom. The molecule has 2 aliphatic rings. The molecule has 4 rings (SSSR count). The van der Waals surface area contributed by atoms with Gasteiger partial charge in [-0.2, -0.15) is 0 Å². The maximum absolute atomic E-state index is 9.31. The van der Waals surface area contributed by atoms with Crippen LogP contribution in [-0.4, -0.2) is 29.3 Å². The Labute approximate surface area is 105 Å². The summed E-state index contributed by atoms with van der Waals surface area (Å²) < 4.78 is 2.29. The van der Waals surface area contributed by atoms with Crippen molar-refractivity contribution >= 4 is 11.0 Å². The van der Waals surface area contributed by atoms with Crippen molar-refractivity contribution in [2.24, 2.45) is 0 Å². The summed E-state index contributed by atoms with van der Waals surface area (Å²) in [7, 11) is 0. The van der Waals surface area contributed by atoms with Crippen molar-refractivity contribution in [3.05, 3.63) is 41.7 Å². The van der Waals surface area contributed by atoms with Gasteiger partial charge in [0.2, 0.25) is 6.33 Å². The number of H-pyrrole nitrogens is 1. The van der Waals surface area contributed by atoms with E-state index in [2.05, 4.69) is 45.5 Å². The number of aliphatic hydroxyl groups is 1. The van der Waals surface area contributed by atoms with E-state index in [4.69, 9.17) is 0 Å². The number of nitrogens with zero attached hydrogens (tertiary/aromatic N) is 1. The first-order valence-corrected chi connectivity index (χ1v) is 6.40. The number of hydrogen-bond donors (Lipinski definition) is 3. The van der Waals surface area contributed by atoms with Gasteiger partial charge in [-0.3, -0.25) is 0 Å². The lowest BCUT2D eigenvalue weighted by molar-refractivity contribution is -0.677. The number of fused-ring (bicyclic) bond motifs is 2. The minimum absolute atomic E-state index is 0.152. The average molecular weight is 242 g/mol. The Balaban J connectivity index is 1.94. The van der Waals surface area contributed by atoms with Crippen molar-refractivity contribution in [3.63, 3.8) is 0 Å².